The van der Waals surface area contributed by atoms with Gasteiger partial charge in [-0.3, -0.25) is 0 Å². The molecule has 6 heteroatoms. The van der Waals surface area contributed by atoms with Crippen molar-refractivity contribution in [1.29, 1.82) is 0 Å². The first-order valence-corrected chi connectivity index (χ1v) is 17.6. The van der Waals surface area contributed by atoms with Gasteiger partial charge in [0.05, 0.1) is 0 Å². The zero-order chi connectivity index (χ0) is 23.4. The zero-order valence-corrected chi connectivity index (χ0v) is 22.7. The van der Waals surface area contributed by atoms with Crippen LogP contribution in [0, 0.1) is 0 Å². The number of ketones is 1. The quantitative estimate of drug-likeness (QED) is 0.393. The van der Waals surface area contributed by atoms with E-state index in [1.807, 2.05) is 12.3 Å². The van der Waals surface area contributed by atoms with E-state index in [-0.39, 0.29) is 11.3 Å². The number of carbonyl (C=O) groups is 1. The van der Waals surface area contributed by atoms with Crippen LogP contribution >= 0.6 is 0 Å². The van der Waals surface area contributed by atoms with Gasteiger partial charge in [0.15, 0.2) is 0 Å². The van der Waals surface area contributed by atoms with Gasteiger partial charge in [0.25, 0.3) is 0 Å². The molecule has 5 nitrogen and oxygen atoms in total. The molecule has 2 aliphatic rings. The van der Waals surface area contributed by atoms with Gasteiger partial charge in [-0.15, -0.1) is 0 Å². The van der Waals surface area contributed by atoms with Gasteiger partial charge in [-0.25, -0.2) is 0 Å². The van der Waals surface area contributed by atoms with Gasteiger partial charge in [-0.1, -0.05) is 0 Å². The molecule has 0 bridgehead atoms. The maximum atomic E-state index is 12.3. The Hall–Kier alpha value is -2.54. The zero-order valence-electron chi connectivity index (χ0n) is 19.4. The molecule has 0 unspecified atom stereocenters. The van der Waals surface area contributed by atoms with Crippen LogP contribution in [0.5, 0.6) is 0 Å². The molecule has 2 aromatic carbocycles. The number of carbonyl (C=O) groups excluding carboxylic acids is 1. The standard InChI is InChI=1S/C18H20NO.C10H8N2O.In/c1-18(14-20-15-18)19(12-16-8-4-2-5-9-16)13-17-10-6-3-7-11-17;1-8(9(2)13)3-4-10-5-6-11-12-7-10;/h2-11H,1,12-15H2;1,3,5-7H,2H3;. The fourth-order valence-corrected chi connectivity index (χ4v) is 15.2. The first-order valence-electron chi connectivity index (χ1n) is 11.8. The summed E-state index contributed by atoms with van der Waals surface area (Å²) < 4.78 is 10.6. The Morgan fingerprint density at radius 1 is 0.971 bits per heavy atom. The van der Waals surface area contributed by atoms with Crippen molar-refractivity contribution in [2.75, 3.05) is 13.2 Å². The molecule has 2 aliphatic heterocycles. The molecule has 170 valence electrons. The number of allylic oxidation sites excluding steroid dienone is 2. The minimum absolute atomic E-state index is 0.0330. The Morgan fingerprint density at radius 3 is 2.12 bits per heavy atom. The summed E-state index contributed by atoms with van der Waals surface area (Å²) in [4.78, 5) is 14.9. The molecule has 34 heavy (non-hydrogen) atoms. The Morgan fingerprint density at radius 2 is 1.62 bits per heavy atom. The van der Waals surface area contributed by atoms with E-state index >= 15 is 0 Å². The molecule has 1 aromatic heterocycles. The molecular weight excluding hydrogens is 525 g/mol. The summed E-state index contributed by atoms with van der Waals surface area (Å²) in [5.74, 6) is 0.142. The Labute approximate surface area is 208 Å². The van der Waals surface area contributed by atoms with Crippen molar-refractivity contribution in [3.05, 3.63) is 111 Å². The Bertz CT molecular complexity index is 1150. The van der Waals surface area contributed by atoms with Gasteiger partial charge in [0.1, 0.15) is 0 Å². The summed E-state index contributed by atoms with van der Waals surface area (Å²) in [6, 6.07) is 23.4. The number of Topliss-reactive ketones (excluding diaryl/α,β-unsaturated/α-hetero) is 1. The molecule has 0 atom stereocenters. The second-order valence-corrected chi connectivity index (χ2v) is 16.6. The van der Waals surface area contributed by atoms with Crippen LogP contribution in [0.25, 0.3) is 3.33 Å². The monoisotopic (exact) mass is 553 g/mol. The van der Waals surface area contributed by atoms with Crippen molar-refractivity contribution >= 4 is 30.6 Å². The summed E-state index contributed by atoms with van der Waals surface area (Å²) in [5.41, 5.74) is 4.55. The Kier molecular flexibility index (Phi) is 7.09. The van der Waals surface area contributed by atoms with Gasteiger partial charge in [-0.05, 0) is 0 Å². The minimum atomic E-state index is -2.49. The average molecular weight is 553 g/mol. The van der Waals surface area contributed by atoms with Crippen LogP contribution in [0.15, 0.2) is 94.6 Å². The topological polar surface area (TPSA) is 55.3 Å². The predicted molar refractivity (Wildman–Crippen MR) is 135 cm³/mol. The summed E-state index contributed by atoms with van der Waals surface area (Å²) in [6.45, 7) is 4.86. The van der Waals surface area contributed by atoms with Crippen LogP contribution in [0.4, 0.5) is 0 Å². The second-order valence-electron chi connectivity index (χ2n) is 9.26. The Balaban J connectivity index is 1.47. The summed E-state index contributed by atoms with van der Waals surface area (Å²) in [6.07, 6.45) is 5.69. The van der Waals surface area contributed by atoms with E-state index in [0.29, 0.717) is 0 Å². The fraction of sp³-hybridized carbons (Fsp3) is 0.250. The van der Waals surface area contributed by atoms with Gasteiger partial charge in [0.2, 0.25) is 0 Å². The van der Waals surface area contributed by atoms with Crippen molar-refractivity contribution in [1.82, 2.24) is 15.1 Å². The van der Waals surface area contributed by atoms with Crippen molar-refractivity contribution in [2.24, 2.45) is 0 Å². The third kappa shape index (κ3) is 5.09. The van der Waals surface area contributed by atoms with Crippen LogP contribution in [-0.4, -0.2) is 61.1 Å². The number of nitrogens with zero attached hydrogens (tertiary/aromatic N) is 3. The first kappa shape index (κ1) is 23.2. The third-order valence-electron chi connectivity index (χ3n) is 6.86. The number of aromatic nitrogens is 2. The maximum absolute atomic E-state index is 12.3. The van der Waals surface area contributed by atoms with Crippen molar-refractivity contribution < 1.29 is 9.53 Å². The summed E-state index contributed by atoms with van der Waals surface area (Å²) >= 11 is -2.49. The number of rotatable bonds is 9. The number of hydrogen-bond donors (Lipinski definition) is 0. The normalized spacial score (nSPS) is 16.7. The van der Waals surface area contributed by atoms with Crippen LogP contribution in [0.2, 0.25) is 4.18 Å². The SMILES string of the molecule is CC(=O)C1=[CH][In]([CH2]C2(N(Cc3ccccc3)Cc3ccccc3)COC2)[C](c2ccnnc2)=C1. The molecular formula is C28H28InN3O2. The van der Waals surface area contributed by atoms with Gasteiger partial charge in [0, 0.05) is 0 Å². The van der Waals surface area contributed by atoms with E-state index in [4.69, 9.17) is 4.74 Å². The molecule has 5 rings (SSSR count). The molecule has 1 fully saturated rings. The van der Waals surface area contributed by atoms with Gasteiger partial charge >= 0.3 is 209 Å². The van der Waals surface area contributed by atoms with Crippen molar-refractivity contribution in [2.45, 2.75) is 29.7 Å². The van der Waals surface area contributed by atoms with Gasteiger partial charge < -0.3 is 0 Å². The second kappa shape index (κ2) is 10.4. The summed E-state index contributed by atoms with van der Waals surface area (Å²) in [5, 5.41) is 8.06. The average Bonchev–Trinajstić information content (AvgIpc) is 3.27. The first-order chi connectivity index (χ1) is 16.6. The van der Waals surface area contributed by atoms with Crippen molar-refractivity contribution in [3.63, 3.8) is 0 Å². The molecule has 1 saturated heterocycles. The number of benzene rings is 2. The van der Waals surface area contributed by atoms with E-state index in [1.165, 1.54) is 14.5 Å². The van der Waals surface area contributed by atoms with Crippen LogP contribution in [0.3, 0.4) is 0 Å². The van der Waals surface area contributed by atoms with Crippen molar-refractivity contribution in [3.8, 4) is 0 Å². The van der Waals surface area contributed by atoms with E-state index in [0.717, 1.165) is 41.6 Å². The van der Waals surface area contributed by atoms with E-state index < -0.39 is 21.4 Å². The summed E-state index contributed by atoms with van der Waals surface area (Å²) in [7, 11) is 0. The molecule has 0 aliphatic carbocycles. The van der Waals surface area contributed by atoms with E-state index in [1.54, 1.807) is 13.1 Å². The molecule has 0 spiro atoms. The molecule has 3 aromatic rings. The van der Waals surface area contributed by atoms with E-state index in [9.17, 15) is 4.79 Å². The van der Waals surface area contributed by atoms with Crippen LogP contribution < -0.4 is 0 Å². The van der Waals surface area contributed by atoms with Gasteiger partial charge in [-0.2, -0.15) is 0 Å². The molecule has 0 amide bonds. The van der Waals surface area contributed by atoms with Crippen LogP contribution in [-0.2, 0) is 22.6 Å². The predicted octanol–water partition coefficient (Wildman–Crippen LogP) is 4.43. The van der Waals surface area contributed by atoms with Crippen LogP contribution in [0.1, 0.15) is 23.6 Å². The molecule has 3 heterocycles. The molecule has 0 saturated carbocycles. The molecule has 0 N–H and O–H groups in total. The number of hydrogen-bond acceptors (Lipinski definition) is 5. The van der Waals surface area contributed by atoms with E-state index in [2.05, 4.69) is 85.7 Å². The molecule has 0 radical (unpaired) electrons. The fourth-order valence-electron chi connectivity index (χ4n) is 4.95. The number of ether oxygens (including phenoxy) is 1. The third-order valence-corrected chi connectivity index (χ3v) is 16.2.